The average Bonchev–Trinajstić information content (AvgIpc) is 3.48. The van der Waals surface area contributed by atoms with Gasteiger partial charge in [0.15, 0.2) is 0 Å². The average molecular weight is 603 g/mol. The first kappa shape index (κ1) is 28.1. The highest BCUT2D eigenvalue weighted by Gasteiger charge is 2.42. The zero-order chi connectivity index (χ0) is 31.6. The lowest BCUT2D eigenvalue weighted by Gasteiger charge is -2.21. The first-order chi connectivity index (χ1) is 21.6. The van der Waals surface area contributed by atoms with Crippen LogP contribution in [0.2, 0.25) is 0 Å². The second-order valence-corrected chi connectivity index (χ2v) is 11.1. The number of hydrogen-bond donors (Lipinski definition) is 0. The summed E-state index contributed by atoms with van der Waals surface area (Å²) in [6.07, 6.45) is 2.96. The van der Waals surface area contributed by atoms with Crippen molar-refractivity contribution in [2.24, 2.45) is 15.9 Å². The number of aliphatic imine (C=N–C) groups is 2. The number of hydrogen-bond acceptors (Lipinski definition) is 4. The van der Waals surface area contributed by atoms with Gasteiger partial charge in [0.05, 0.1) is 17.0 Å². The first-order valence-electron chi connectivity index (χ1n) is 13.9. The van der Waals surface area contributed by atoms with E-state index in [1.807, 2.05) is 48.8 Å². The molecule has 2 unspecified atom stereocenters. The van der Waals surface area contributed by atoms with Crippen molar-refractivity contribution in [3.05, 3.63) is 136 Å². The van der Waals surface area contributed by atoms with Crippen LogP contribution in [0.15, 0.2) is 101 Å². The molecule has 0 aliphatic heterocycles. The number of fused-ring (bicyclic) bond motifs is 6. The molecule has 7 rings (SSSR count). The van der Waals surface area contributed by atoms with Gasteiger partial charge >= 0.3 is 6.18 Å². The third-order valence-electron chi connectivity index (χ3n) is 8.64. The van der Waals surface area contributed by atoms with E-state index in [0.717, 1.165) is 33.9 Å². The fourth-order valence-electron chi connectivity index (χ4n) is 6.50. The van der Waals surface area contributed by atoms with Crippen LogP contribution in [0.1, 0.15) is 39.3 Å². The molecule has 0 fully saturated rings. The minimum absolute atomic E-state index is 0.226. The monoisotopic (exact) mass is 602 g/mol. The highest BCUT2D eigenvalue weighted by Crippen LogP contribution is 2.51. The van der Waals surface area contributed by atoms with E-state index < -0.39 is 17.6 Å². The molecular formula is C36H19F5N4. The minimum Gasteiger partial charge on any atom is -0.207 e. The van der Waals surface area contributed by atoms with E-state index in [1.165, 1.54) is 12.1 Å². The lowest BCUT2D eigenvalue weighted by molar-refractivity contribution is -0.139. The molecular weight excluding hydrogens is 583 g/mol. The largest absolute Gasteiger partial charge is 0.419 e. The van der Waals surface area contributed by atoms with Crippen molar-refractivity contribution in [2.45, 2.75) is 19.0 Å². The third kappa shape index (κ3) is 4.47. The fraction of sp³-hybridized carbons (Fsp3) is 0.111. The molecule has 4 aromatic carbocycles. The Balaban J connectivity index is 1.32. The molecule has 0 N–H and O–H groups in total. The van der Waals surface area contributed by atoms with Crippen molar-refractivity contribution in [3.63, 3.8) is 0 Å². The van der Waals surface area contributed by atoms with Crippen LogP contribution in [0.25, 0.3) is 27.8 Å². The summed E-state index contributed by atoms with van der Waals surface area (Å²) in [6.45, 7) is 1.69. The molecule has 3 aliphatic rings. The number of aryl methyl sites for hydroxylation is 1. The van der Waals surface area contributed by atoms with Crippen LogP contribution in [-0.4, -0.2) is 11.4 Å². The van der Waals surface area contributed by atoms with Crippen molar-refractivity contribution < 1.29 is 22.0 Å². The third-order valence-corrected chi connectivity index (χ3v) is 8.64. The van der Waals surface area contributed by atoms with Crippen LogP contribution in [0.4, 0.5) is 22.0 Å². The predicted octanol–water partition coefficient (Wildman–Crippen LogP) is 8.92. The summed E-state index contributed by atoms with van der Waals surface area (Å²) in [5.41, 5.74) is 6.85. The molecule has 218 valence electrons. The Morgan fingerprint density at radius 2 is 1.24 bits per heavy atom. The Bertz CT molecular complexity index is 2170. The Labute approximate surface area is 254 Å². The van der Waals surface area contributed by atoms with E-state index in [1.54, 1.807) is 31.2 Å². The van der Waals surface area contributed by atoms with Crippen molar-refractivity contribution in [2.75, 3.05) is 0 Å². The summed E-state index contributed by atoms with van der Waals surface area (Å²) < 4.78 is 68.1. The van der Waals surface area contributed by atoms with E-state index in [0.29, 0.717) is 45.3 Å². The van der Waals surface area contributed by atoms with E-state index in [9.17, 15) is 32.5 Å². The number of halogens is 5. The van der Waals surface area contributed by atoms with Crippen LogP contribution in [0.5, 0.6) is 0 Å². The van der Waals surface area contributed by atoms with Crippen LogP contribution in [-0.2, 0) is 6.18 Å². The highest BCUT2D eigenvalue weighted by atomic mass is 19.4. The van der Waals surface area contributed by atoms with Gasteiger partial charge in [0, 0.05) is 28.5 Å². The topological polar surface area (TPSA) is 72.3 Å². The molecule has 0 aromatic heterocycles. The summed E-state index contributed by atoms with van der Waals surface area (Å²) >= 11 is 0. The van der Waals surface area contributed by atoms with Crippen LogP contribution < -0.4 is 0 Å². The molecule has 45 heavy (non-hydrogen) atoms. The van der Waals surface area contributed by atoms with Crippen molar-refractivity contribution in [1.82, 2.24) is 0 Å². The first-order valence-corrected chi connectivity index (χ1v) is 13.9. The van der Waals surface area contributed by atoms with Crippen LogP contribution >= 0.6 is 0 Å². The van der Waals surface area contributed by atoms with Gasteiger partial charge in [-0.2, -0.15) is 33.7 Å². The minimum atomic E-state index is -4.81. The van der Waals surface area contributed by atoms with Gasteiger partial charge in [0.2, 0.25) is 12.4 Å². The number of nitrogens with zero attached hydrogens (tertiary/aromatic N) is 4. The molecule has 9 heteroatoms. The second kappa shape index (κ2) is 10.2. The van der Waals surface area contributed by atoms with E-state index in [2.05, 4.69) is 9.98 Å². The summed E-state index contributed by atoms with van der Waals surface area (Å²) in [7, 11) is 0. The molecule has 0 saturated heterocycles. The van der Waals surface area contributed by atoms with Gasteiger partial charge in [-0.3, -0.25) is 0 Å². The van der Waals surface area contributed by atoms with E-state index in [-0.39, 0.29) is 23.2 Å². The van der Waals surface area contributed by atoms with E-state index >= 15 is 0 Å². The molecule has 2 atom stereocenters. The smallest absolute Gasteiger partial charge is 0.207 e. The maximum Gasteiger partial charge on any atom is 0.419 e. The molecule has 4 nitrogen and oxygen atoms in total. The standard InChI is InChI=1S/C36H19F5N4/c1-18-2-3-21(12-32(18)37)19-4-7-23-25-14-30-26(15-29(25)34(44-16-42)27(23)10-19)24-8-5-20(11-28(24)35(30)45-17-43)22-6-9-31(33(38)13-22)36(39,40)41/h2-15,25,29H,1H3. The normalized spacial score (nSPS) is 19.6. The molecule has 0 saturated carbocycles. The Morgan fingerprint density at radius 3 is 1.91 bits per heavy atom. The van der Waals surface area contributed by atoms with Crippen LogP contribution in [0.3, 0.4) is 0 Å². The SMILES string of the molecule is Cc1ccc(-c2ccc3c(c2)C(=NC#N)C2C=C4C(=CC32)C(=NC#N)c2cc(-c3ccc(C(F)(F)F)c(F)c3)ccc24)cc1F. The summed E-state index contributed by atoms with van der Waals surface area (Å²) in [4.78, 5) is 8.32. The Morgan fingerprint density at radius 1 is 0.644 bits per heavy atom. The molecule has 4 aromatic rings. The maximum absolute atomic E-state index is 14.4. The lowest BCUT2D eigenvalue weighted by Crippen LogP contribution is -2.16. The summed E-state index contributed by atoms with van der Waals surface area (Å²) in [5, 5.41) is 19.2. The van der Waals surface area contributed by atoms with Gasteiger partial charge in [0.1, 0.15) is 11.6 Å². The molecule has 0 spiro atoms. The quantitative estimate of drug-likeness (QED) is 0.170. The van der Waals surface area contributed by atoms with Gasteiger partial charge < -0.3 is 0 Å². The molecule has 3 aliphatic carbocycles. The molecule has 0 bridgehead atoms. The number of benzene rings is 4. The number of nitriles is 2. The predicted molar refractivity (Wildman–Crippen MR) is 160 cm³/mol. The van der Waals surface area contributed by atoms with Gasteiger partial charge in [-0.05, 0) is 81.8 Å². The number of alkyl halides is 3. The Hall–Kier alpha value is -5.67. The van der Waals surface area contributed by atoms with Crippen molar-refractivity contribution >= 4 is 17.0 Å². The molecule has 0 radical (unpaired) electrons. The van der Waals surface area contributed by atoms with Crippen molar-refractivity contribution in [1.29, 1.82) is 10.5 Å². The summed E-state index contributed by atoms with van der Waals surface area (Å²) in [5.74, 6) is -2.22. The second-order valence-electron chi connectivity index (χ2n) is 11.1. The van der Waals surface area contributed by atoms with Gasteiger partial charge in [0.25, 0.3) is 0 Å². The fourth-order valence-corrected chi connectivity index (χ4v) is 6.50. The lowest BCUT2D eigenvalue weighted by atomic mass is 9.81. The zero-order valence-electron chi connectivity index (χ0n) is 23.4. The van der Waals surface area contributed by atoms with Gasteiger partial charge in [-0.1, -0.05) is 54.6 Å². The van der Waals surface area contributed by atoms with Gasteiger partial charge in [-0.15, -0.1) is 0 Å². The zero-order valence-corrected chi connectivity index (χ0v) is 23.4. The maximum atomic E-state index is 14.4. The number of allylic oxidation sites excluding steroid dienone is 4. The highest BCUT2D eigenvalue weighted by molar-refractivity contribution is 6.31. The summed E-state index contributed by atoms with van der Waals surface area (Å²) in [6, 6.07) is 18.7. The van der Waals surface area contributed by atoms with Crippen LogP contribution in [0, 0.1) is 47.4 Å². The molecule has 0 heterocycles. The molecule has 0 amide bonds. The van der Waals surface area contributed by atoms with Crippen molar-refractivity contribution in [3.8, 4) is 34.6 Å². The van der Waals surface area contributed by atoms with E-state index in [4.69, 9.17) is 0 Å². The van der Waals surface area contributed by atoms with Gasteiger partial charge in [-0.25, -0.2) is 8.78 Å². The Kier molecular flexibility index (Phi) is 6.38. The number of rotatable bonds is 2.